The van der Waals surface area contributed by atoms with E-state index in [1.165, 1.54) is 5.56 Å². The number of hydrogen-bond donors (Lipinski definition) is 1. The van der Waals surface area contributed by atoms with Crippen LogP contribution in [0.5, 0.6) is 5.75 Å². The van der Waals surface area contributed by atoms with Gasteiger partial charge in [0.25, 0.3) is 0 Å². The molecule has 1 aromatic carbocycles. The highest BCUT2D eigenvalue weighted by Crippen LogP contribution is 2.23. The molecule has 1 aromatic rings. The van der Waals surface area contributed by atoms with Gasteiger partial charge in [-0.15, -0.1) is 0 Å². The first-order valence-corrected chi connectivity index (χ1v) is 7.01. The van der Waals surface area contributed by atoms with Gasteiger partial charge in [0, 0.05) is 13.2 Å². The maximum Gasteiger partial charge on any atom is 0.119 e. The van der Waals surface area contributed by atoms with Gasteiger partial charge in [-0.3, -0.25) is 0 Å². The Hall–Kier alpha value is -1.06. The number of methoxy groups -OCH3 is 2. The van der Waals surface area contributed by atoms with Crippen molar-refractivity contribution in [2.75, 3.05) is 20.8 Å². The van der Waals surface area contributed by atoms with Crippen LogP contribution < -0.4 is 10.1 Å². The predicted octanol–water partition coefficient (Wildman–Crippen LogP) is 3.03. The van der Waals surface area contributed by atoms with Gasteiger partial charge in [-0.1, -0.05) is 26.0 Å². The minimum atomic E-state index is -0.154. The van der Waals surface area contributed by atoms with Crippen molar-refractivity contribution in [3.63, 3.8) is 0 Å². The second kappa shape index (κ2) is 7.51. The van der Waals surface area contributed by atoms with Crippen LogP contribution in [-0.4, -0.2) is 32.4 Å². The minimum Gasteiger partial charge on any atom is -0.497 e. The van der Waals surface area contributed by atoms with E-state index in [1.54, 1.807) is 14.2 Å². The van der Waals surface area contributed by atoms with Crippen LogP contribution in [0.4, 0.5) is 0 Å². The Morgan fingerprint density at radius 2 is 2.00 bits per heavy atom. The molecule has 0 spiro atoms. The molecular weight excluding hydrogens is 238 g/mol. The lowest BCUT2D eigenvalue weighted by Gasteiger charge is -2.36. The first-order valence-electron chi connectivity index (χ1n) is 7.01. The Bertz CT molecular complexity index is 375. The van der Waals surface area contributed by atoms with Crippen molar-refractivity contribution in [3.05, 3.63) is 29.8 Å². The topological polar surface area (TPSA) is 30.5 Å². The monoisotopic (exact) mass is 265 g/mol. The Kier molecular flexibility index (Phi) is 6.32. The summed E-state index contributed by atoms with van der Waals surface area (Å²) < 4.78 is 11.0. The van der Waals surface area contributed by atoms with E-state index in [0.717, 1.165) is 25.1 Å². The summed E-state index contributed by atoms with van der Waals surface area (Å²) in [5.41, 5.74) is 1.11. The standard InChI is InChI=1S/C16H27NO2/c1-6-16(3,19-5)15(17-7-2)12-13-9-8-10-14(11-13)18-4/h8-11,15,17H,6-7,12H2,1-5H3. The molecule has 0 bridgehead atoms. The second-order valence-corrected chi connectivity index (χ2v) is 5.04. The quantitative estimate of drug-likeness (QED) is 0.783. The first kappa shape index (κ1) is 16.0. The Morgan fingerprint density at radius 3 is 2.53 bits per heavy atom. The molecule has 3 heteroatoms. The SMILES string of the molecule is CCNC(Cc1cccc(OC)c1)C(C)(CC)OC. The molecule has 0 radical (unpaired) electrons. The summed E-state index contributed by atoms with van der Waals surface area (Å²) in [5.74, 6) is 0.906. The van der Waals surface area contributed by atoms with E-state index < -0.39 is 0 Å². The van der Waals surface area contributed by atoms with Crippen LogP contribution in [0.2, 0.25) is 0 Å². The van der Waals surface area contributed by atoms with Crippen molar-refractivity contribution in [3.8, 4) is 5.75 Å². The highest BCUT2D eigenvalue weighted by atomic mass is 16.5. The summed E-state index contributed by atoms with van der Waals surface area (Å²) in [6.07, 6.45) is 1.91. The molecule has 3 nitrogen and oxygen atoms in total. The smallest absolute Gasteiger partial charge is 0.119 e. The number of nitrogens with one attached hydrogen (secondary N) is 1. The molecule has 19 heavy (non-hydrogen) atoms. The minimum absolute atomic E-state index is 0.154. The van der Waals surface area contributed by atoms with E-state index in [9.17, 15) is 0 Å². The zero-order valence-corrected chi connectivity index (χ0v) is 12.8. The van der Waals surface area contributed by atoms with E-state index in [1.807, 2.05) is 12.1 Å². The number of hydrogen-bond acceptors (Lipinski definition) is 3. The van der Waals surface area contributed by atoms with Gasteiger partial charge in [0.1, 0.15) is 5.75 Å². The fourth-order valence-electron chi connectivity index (χ4n) is 2.32. The molecule has 1 rings (SSSR count). The first-order chi connectivity index (χ1) is 9.09. The van der Waals surface area contributed by atoms with Crippen LogP contribution in [0.15, 0.2) is 24.3 Å². The molecule has 1 N–H and O–H groups in total. The second-order valence-electron chi connectivity index (χ2n) is 5.04. The normalized spacial score (nSPS) is 15.8. The van der Waals surface area contributed by atoms with Crippen molar-refractivity contribution in [2.24, 2.45) is 0 Å². The molecule has 2 unspecified atom stereocenters. The van der Waals surface area contributed by atoms with Crippen molar-refractivity contribution < 1.29 is 9.47 Å². The molecule has 0 amide bonds. The maximum absolute atomic E-state index is 5.74. The molecule has 108 valence electrons. The molecule has 0 fully saturated rings. The van der Waals surface area contributed by atoms with Gasteiger partial charge < -0.3 is 14.8 Å². The Balaban J connectivity index is 2.88. The fraction of sp³-hybridized carbons (Fsp3) is 0.625. The summed E-state index contributed by atoms with van der Waals surface area (Å²) >= 11 is 0. The number of likely N-dealkylation sites (N-methyl/N-ethyl adjacent to an activating group) is 1. The summed E-state index contributed by atoms with van der Waals surface area (Å²) in [7, 11) is 3.49. The third-order valence-electron chi connectivity index (χ3n) is 3.93. The van der Waals surface area contributed by atoms with E-state index in [4.69, 9.17) is 9.47 Å². The molecule has 2 atom stereocenters. The Morgan fingerprint density at radius 1 is 1.26 bits per heavy atom. The molecule has 0 aromatic heterocycles. The van der Waals surface area contributed by atoms with Gasteiger partial charge >= 0.3 is 0 Å². The maximum atomic E-state index is 5.74. The van der Waals surface area contributed by atoms with E-state index in [-0.39, 0.29) is 5.60 Å². The van der Waals surface area contributed by atoms with Crippen molar-refractivity contribution >= 4 is 0 Å². The van der Waals surface area contributed by atoms with Gasteiger partial charge in [0.15, 0.2) is 0 Å². The summed E-state index contributed by atoms with van der Waals surface area (Å²) in [4.78, 5) is 0. The van der Waals surface area contributed by atoms with Crippen LogP contribution >= 0.6 is 0 Å². The van der Waals surface area contributed by atoms with E-state index in [2.05, 4.69) is 38.2 Å². The zero-order chi connectivity index (χ0) is 14.3. The molecule has 0 aliphatic rings. The van der Waals surface area contributed by atoms with Crippen LogP contribution in [0, 0.1) is 0 Å². The molecule has 0 heterocycles. The average Bonchev–Trinajstić information content (AvgIpc) is 2.46. The van der Waals surface area contributed by atoms with E-state index in [0.29, 0.717) is 6.04 Å². The van der Waals surface area contributed by atoms with Gasteiger partial charge in [-0.05, 0) is 44.0 Å². The van der Waals surface area contributed by atoms with Crippen LogP contribution in [-0.2, 0) is 11.2 Å². The third kappa shape index (κ3) is 4.22. The number of benzene rings is 1. The van der Waals surface area contributed by atoms with Crippen molar-refractivity contribution in [1.82, 2.24) is 5.32 Å². The summed E-state index contributed by atoms with van der Waals surface area (Å²) in [5, 5.41) is 3.55. The van der Waals surface area contributed by atoms with Crippen LogP contribution in [0.1, 0.15) is 32.8 Å². The molecule has 0 saturated carbocycles. The lowest BCUT2D eigenvalue weighted by Crippen LogP contribution is -2.51. The molecule has 0 aliphatic heterocycles. The van der Waals surface area contributed by atoms with Gasteiger partial charge in [0.2, 0.25) is 0 Å². The van der Waals surface area contributed by atoms with Gasteiger partial charge in [-0.25, -0.2) is 0 Å². The fourth-order valence-corrected chi connectivity index (χ4v) is 2.32. The average molecular weight is 265 g/mol. The highest BCUT2D eigenvalue weighted by Gasteiger charge is 2.31. The number of ether oxygens (including phenoxy) is 2. The lowest BCUT2D eigenvalue weighted by molar-refractivity contribution is -0.0283. The molecule has 0 saturated heterocycles. The van der Waals surface area contributed by atoms with E-state index >= 15 is 0 Å². The lowest BCUT2D eigenvalue weighted by atomic mass is 9.88. The molecule has 0 aliphatic carbocycles. The summed E-state index contributed by atoms with van der Waals surface area (Å²) in [6, 6.07) is 8.53. The zero-order valence-electron chi connectivity index (χ0n) is 12.8. The summed E-state index contributed by atoms with van der Waals surface area (Å²) in [6.45, 7) is 7.40. The van der Waals surface area contributed by atoms with Gasteiger partial charge in [-0.2, -0.15) is 0 Å². The predicted molar refractivity (Wildman–Crippen MR) is 79.9 cm³/mol. The van der Waals surface area contributed by atoms with Crippen molar-refractivity contribution in [1.29, 1.82) is 0 Å². The largest absolute Gasteiger partial charge is 0.497 e. The Labute approximate surface area is 117 Å². The highest BCUT2D eigenvalue weighted by molar-refractivity contribution is 5.29. The van der Waals surface area contributed by atoms with Crippen LogP contribution in [0.3, 0.4) is 0 Å². The molecular formula is C16H27NO2. The van der Waals surface area contributed by atoms with Gasteiger partial charge in [0.05, 0.1) is 12.7 Å². The third-order valence-corrected chi connectivity index (χ3v) is 3.93. The van der Waals surface area contributed by atoms with Crippen LogP contribution in [0.25, 0.3) is 0 Å². The van der Waals surface area contributed by atoms with Crippen molar-refractivity contribution in [2.45, 2.75) is 45.3 Å². The number of rotatable bonds is 8.